The molecule has 0 bridgehead atoms. The third-order valence-electron chi connectivity index (χ3n) is 5.24. The van der Waals surface area contributed by atoms with Crippen LogP contribution in [0.1, 0.15) is 43.0 Å². The molecular weight excluding hydrogens is 411 g/mol. The van der Waals surface area contributed by atoms with Crippen molar-refractivity contribution in [3.8, 4) is 11.5 Å². The highest BCUT2D eigenvalue weighted by Crippen LogP contribution is 2.38. The van der Waals surface area contributed by atoms with Crippen molar-refractivity contribution < 1.29 is 23.6 Å². The summed E-state index contributed by atoms with van der Waals surface area (Å²) in [5.41, 5.74) is 2.68. The number of hydrogen-bond acceptors (Lipinski definition) is 5. The molecule has 0 N–H and O–H groups in total. The molecule has 3 aromatic rings. The van der Waals surface area contributed by atoms with Crippen LogP contribution in [0, 0.1) is 20.8 Å². The van der Waals surface area contributed by atoms with Gasteiger partial charge in [-0.1, -0.05) is 42.5 Å². The van der Waals surface area contributed by atoms with Crippen LogP contribution in [0.25, 0.3) is 0 Å². The molecule has 0 aliphatic rings. The minimum atomic E-state index is -2.54. The molecule has 0 aliphatic carbocycles. The van der Waals surface area contributed by atoms with Crippen molar-refractivity contribution in [1.29, 1.82) is 0 Å². The van der Waals surface area contributed by atoms with E-state index in [2.05, 4.69) is 0 Å². The van der Waals surface area contributed by atoms with Crippen LogP contribution in [0.2, 0.25) is 0 Å². The van der Waals surface area contributed by atoms with E-state index in [1.54, 1.807) is 62.4 Å². The van der Waals surface area contributed by atoms with Crippen LogP contribution in [0.4, 0.5) is 0 Å². The summed E-state index contributed by atoms with van der Waals surface area (Å²) in [6, 6.07) is 15.7. The fraction of sp³-hybridized carbons (Fsp3) is 0.200. The zero-order valence-corrected chi connectivity index (χ0v) is 19.1. The molecule has 6 heteroatoms. The first-order chi connectivity index (χ1) is 14.8. The lowest BCUT2D eigenvalue weighted by Gasteiger charge is -2.17. The zero-order valence-electron chi connectivity index (χ0n) is 18.2. The van der Waals surface area contributed by atoms with Gasteiger partial charge in [0, 0.05) is 16.7 Å². The van der Waals surface area contributed by atoms with Gasteiger partial charge in [0.2, 0.25) is 5.52 Å². The predicted octanol–water partition coefficient (Wildman–Crippen LogP) is 5.15. The molecule has 0 saturated carbocycles. The number of ether oxygens (including phenoxy) is 2. The standard InChI is InChI=1S/C25H24O5P/c1-15-14-16(2)22(17(3)21(15)23(26)18-10-7-6-8-11-18)25(27)31(28)24-19(29-4)12-9-13-20(24)30-5/h6-14H,1-5H3. The van der Waals surface area contributed by atoms with Crippen molar-refractivity contribution in [2.75, 3.05) is 14.2 Å². The summed E-state index contributed by atoms with van der Waals surface area (Å²) >= 11 is 0. The summed E-state index contributed by atoms with van der Waals surface area (Å²) in [4.78, 5) is 26.6. The summed E-state index contributed by atoms with van der Waals surface area (Å²) in [5.74, 6) is 0.461. The predicted molar refractivity (Wildman–Crippen MR) is 122 cm³/mol. The van der Waals surface area contributed by atoms with Gasteiger partial charge in [0.1, 0.15) is 16.8 Å². The van der Waals surface area contributed by atoms with E-state index in [1.165, 1.54) is 14.2 Å². The first-order valence-corrected chi connectivity index (χ1v) is 11.0. The Hall–Kier alpha value is -3.30. The van der Waals surface area contributed by atoms with Gasteiger partial charge in [-0.3, -0.25) is 14.2 Å². The maximum absolute atomic E-state index is 13.4. The number of ketones is 1. The van der Waals surface area contributed by atoms with Gasteiger partial charge in [0.05, 0.1) is 14.2 Å². The average molecular weight is 435 g/mol. The number of aryl methyl sites for hydroxylation is 2. The number of rotatable bonds is 7. The highest BCUT2D eigenvalue weighted by atomic mass is 31.1. The molecule has 0 saturated heterocycles. The van der Waals surface area contributed by atoms with E-state index in [1.807, 2.05) is 13.0 Å². The Morgan fingerprint density at radius 1 is 0.774 bits per heavy atom. The van der Waals surface area contributed by atoms with Gasteiger partial charge < -0.3 is 9.47 Å². The van der Waals surface area contributed by atoms with Gasteiger partial charge in [-0.25, -0.2) is 0 Å². The summed E-state index contributed by atoms with van der Waals surface area (Å²) in [6.07, 6.45) is 0. The fourth-order valence-electron chi connectivity index (χ4n) is 3.83. The maximum Gasteiger partial charge on any atom is 0.247 e. The van der Waals surface area contributed by atoms with Crippen molar-refractivity contribution in [2.24, 2.45) is 0 Å². The third kappa shape index (κ3) is 4.14. The molecule has 5 nitrogen and oxygen atoms in total. The monoisotopic (exact) mass is 435 g/mol. The number of methoxy groups -OCH3 is 2. The van der Waals surface area contributed by atoms with Crippen LogP contribution in [0.15, 0.2) is 54.6 Å². The van der Waals surface area contributed by atoms with Crippen molar-refractivity contribution in [3.63, 3.8) is 0 Å². The molecule has 3 aromatic carbocycles. The summed E-state index contributed by atoms with van der Waals surface area (Å²) in [5, 5.41) is 0.211. The molecule has 0 heterocycles. The second-order valence-electron chi connectivity index (χ2n) is 7.19. The van der Waals surface area contributed by atoms with E-state index >= 15 is 0 Å². The van der Waals surface area contributed by atoms with Crippen LogP contribution in [-0.4, -0.2) is 25.5 Å². The number of carbonyl (C=O) groups is 2. The largest absolute Gasteiger partial charge is 0.496 e. The highest BCUT2D eigenvalue weighted by Gasteiger charge is 2.29. The van der Waals surface area contributed by atoms with Crippen molar-refractivity contribution in [1.82, 2.24) is 0 Å². The Morgan fingerprint density at radius 3 is 1.87 bits per heavy atom. The van der Waals surface area contributed by atoms with Crippen LogP contribution in [-0.2, 0) is 4.57 Å². The van der Waals surface area contributed by atoms with Gasteiger partial charge in [-0.15, -0.1) is 0 Å². The summed E-state index contributed by atoms with van der Waals surface area (Å²) in [7, 11) is 0.354. The van der Waals surface area contributed by atoms with Crippen molar-refractivity contribution in [3.05, 3.63) is 88.0 Å². The molecule has 3 rings (SSSR count). The molecule has 0 fully saturated rings. The maximum atomic E-state index is 13.4. The van der Waals surface area contributed by atoms with Crippen molar-refractivity contribution in [2.45, 2.75) is 20.8 Å². The van der Waals surface area contributed by atoms with Crippen LogP contribution in [0.3, 0.4) is 0 Å². The Morgan fingerprint density at radius 2 is 1.32 bits per heavy atom. The molecule has 0 spiro atoms. The van der Waals surface area contributed by atoms with E-state index in [0.29, 0.717) is 39.3 Å². The minimum Gasteiger partial charge on any atom is -0.496 e. The van der Waals surface area contributed by atoms with E-state index in [-0.39, 0.29) is 11.1 Å². The first-order valence-electron chi connectivity index (χ1n) is 9.74. The zero-order chi connectivity index (χ0) is 22.7. The number of benzene rings is 3. The molecule has 0 amide bonds. The van der Waals surface area contributed by atoms with Gasteiger partial charge in [0.15, 0.2) is 13.6 Å². The first kappa shape index (κ1) is 22.4. The molecule has 1 radical (unpaired) electrons. The highest BCUT2D eigenvalue weighted by molar-refractivity contribution is 7.72. The van der Waals surface area contributed by atoms with Gasteiger partial charge >= 0.3 is 0 Å². The second kappa shape index (κ2) is 9.23. The Labute approximate surface area is 182 Å². The van der Waals surface area contributed by atoms with E-state index < -0.39 is 13.3 Å². The van der Waals surface area contributed by atoms with Gasteiger partial charge in [0.25, 0.3) is 0 Å². The number of hydrogen-bond donors (Lipinski definition) is 0. The van der Waals surface area contributed by atoms with Gasteiger partial charge in [-0.2, -0.15) is 0 Å². The third-order valence-corrected chi connectivity index (χ3v) is 6.68. The van der Waals surface area contributed by atoms with Crippen LogP contribution in [0.5, 0.6) is 11.5 Å². The average Bonchev–Trinajstić information content (AvgIpc) is 2.77. The topological polar surface area (TPSA) is 69.7 Å². The van der Waals surface area contributed by atoms with Gasteiger partial charge in [-0.05, 0) is 49.6 Å². The molecular formula is C25H24O5P. The second-order valence-corrected chi connectivity index (χ2v) is 8.63. The number of carbonyl (C=O) groups excluding carboxylic acids is 2. The lowest BCUT2D eigenvalue weighted by atomic mass is 9.89. The van der Waals surface area contributed by atoms with E-state index in [0.717, 1.165) is 5.56 Å². The Kier molecular flexibility index (Phi) is 6.67. The molecule has 1 unspecified atom stereocenters. The lowest BCUT2D eigenvalue weighted by molar-refractivity contribution is 0.103. The minimum absolute atomic E-state index is 0.172. The SMILES string of the molecule is COc1cccc(OC)c1[P](=O)C(=O)c1c(C)cc(C)c(C(=O)c2ccccc2)c1C. The van der Waals surface area contributed by atoms with E-state index in [9.17, 15) is 14.2 Å². The van der Waals surface area contributed by atoms with Crippen LogP contribution >= 0.6 is 7.80 Å². The Bertz CT molecular complexity index is 1160. The molecule has 1 atom stereocenters. The molecule has 31 heavy (non-hydrogen) atoms. The fourth-order valence-corrected chi connectivity index (χ4v) is 5.32. The normalized spacial score (nSPS) is 11.1. The smallest absolute Gasteiger partial charge is 0.247 e. The van der Waals surface area contributed by atoms with E-state index in [4.69, 9.17) is 9.47 Å². The molecule has 159 valence electrons. The summed E-state index contributed by atoms with van der Waals surface area (Å²) < 4.78 is 24.0. The Balaban J connectivity index is 2.15. The summed E-state index contributed by atoms with van der Waals surface area (Å²) in [6.45, 7) is 5.35. The lowest BCUT2D eigenvalue weighted by Crippen LogP contribution is -2.15. The molecule has 0 aromatic heterocycles. The van der Waals surface area contributed by atoms with Crippen molar-refractivity contribution >= 4 is 24.4 Å². The van der Waals surface area contributed by atoms with Crippen LogP contribution < -0.4 is 14.8 Å². The quantitative estimate of drug-likeness (QED) is 0.379. The molecule has 0 aliphatic heterocycles.